The lowest BCUT2D eigenvalue weighted by atomic mass is 9.70. The van der Waals surface area contributed by atoms with E-state index in [-0.39, 0.29) is 0 Å². The molecule has 13 rings (SSSR count). The molecule has 11 aromatic rings. The van der Waals surface area contributed by atoms with Crippen LogP contribution in [-0.2, 0) is 12.8 Å². The minimum Gasteiger partial charge on any atom is -0.455 e. The fourth-order valence-corrected chi connectivity index (χ4v) is 11.9. The minimum absolute atomic E-state index is 0.370. The zero-order chi connectivity index (χ0) is 40.2. The first-order valence-electron chi connectivity index (χ1n) is 21.6. The molecule has 3 heterocycles. The van der Waals surface area contributed by atoms with E-state index in [0.717, 1.165) is 41.4 Å². The third-order valence-corrected chi connectivity index (χ3v) is 15.0. The zero-order valence-corrected chi connectivity index (χ0v) is 34.7. The van der Waals surface area contributed by atoms with E-state index in [0.29, 0.717) is 11.8 Å². The SMILES string of the molecule is CC1c2ccc(-c3ccc4c(c3)c3c(n4-c4ccc5sc6ccccc6c5c4)CCC=C3)cc2-c2ccccc2C1Cc1ccc(-c2cccc3c2oc2ccccc23)cc1. The van der Waals surface area contributed by atoms with Gasteiger partial charge in [-0.3, -0.25) is 0 Å². The maximum Gasteiger partial charge on any atom is 0.143 e. The van der Waals surface area contributed by atoms with Crippen LogP contribution in [0.4, 0.5) is 0 Å². The summed E-state index contributed by atoms with van der Waals surface area (Å²) in [5, 5.41) is 6.34. The van der Waals surface area contributed by atoms with Crippen LogP contribution in [0.1, 0.15) is 53.1 Å². The summed E-state index contributed by atoms with van der Waals surface area (Å²) in [6, 6.07) is 63.4. The highest BCUT2D eigenvalue weighted by Gasteiger charge is 2.31. The van der Waals surface area contributed by atoms with Crippen LogP contribution < -0.4 is 0 Å². The van der Waals surface area contributed by atoms with Crippen LogP contribution in [0.5, 0.6) is 0 Å². The molecule has 0 spiro atoms. The van der Waals surface area contributed by atoms with Crippen molar-refractivity contribution in [3.05, 3.63) is 204 Å². The number of nitrogens with zero attached hydrogens (tertiary/aromatic N) is 1. The standard InChI is InChI=1S/C58H41NOS/c1-35-41-28-25-38(39-26-29-54-51(33-39)45-13-4-7-18-53(45)59(54)40-27-30-57-52(34-40)47-15-6-9-20-56(47)61-57)32-50(41)44-12-3-2-11-43(44)49(35)31-36-21-23-37(24-22-36)42-16-10-17-48-46-14-5-8-19-55(46)60-58(42)48/h2-6,8-17,19-30,32-35,49H,7,18,31H2,1H3. The Balaban J connectivity index is 0.840. The lowest BCUT2D eigenvalue weighted by molar-refractivity contribution is 0.566. The van der Waals surface area contributed by atoms with E-state index >= 15 is 0 Å². The van der Waals surface area contributed by atoms with Crippen LogP contribution in [0.25, 0.3) is 98.2 Å². The molecule has 61 heavy (non-hydrogen) atoms. The van der Waals surface area contributed by atoms with Gasteiger partial charge in [-0.25, -0.2) is 0 Å². The van der Waals surface area contributed by atoms with E-state index in [2.05, 4.69) is 187 Å². The third-order valence-electron chi connectivity index (χ3n) is 13.8. The van der Waals surface area contributed by atoms with Gasteiger partial charge in [0.2, 0.25) is 0 Å². The minimum atomic E-state index is 0.370. The first-order valence-corrected chi connectivity index (χ1v) is 22.4. The molecule has 2 unspecified atom stereocenters. The molecule has 290 valence electrons. The Kier molecular flexibility index (Phi) is 7.74. The highest BCUT2D eigenvalue weighted by Crippen LogP contribution is 2.50. The normalized spacial score (nSPS) is 15.8. The Labute approximate surface area is 358 Å². The predicted octanol–water partition coefficient (Wildman–Crippen LogP) is 16.3. The average molecular weight is 800 g/mol. The monoisotopic (exact) mass is 799 g/mol. The van der Waals surface area contributed by atoms with E-state index in [1.807, 2.05) is 17.4 Å². The van der Waals surface area contributed by atoms with Gasteiger partial charge in [0.05, 0.1) is 5.52 Å². The molecule has 0 aliphatic heterocycles. The highest BCUT2D eigenvalue weighted by atomic mass is 32.1. The lowest BCUT2D eigenvalue weighted by Gasteiger charge is -2.34. The molecule has 3 heteroatoms. The number of fused-ring (bicyclic) bond motifs is 12. The van der Waals surface area contributed by atoms with Gasteiger partial charge in [0.15, 0.2) is 0 Å². The molecule has 0 radical (unpaired) electrons. The van der Waals surface area contributed by atoms with Crippen LogP contribution >= 0.6 is 11.3 Å². The molecule has 0 N–H and O–H groups in total. The van der Waals surface area contributed by atoms with E-state index in [4.69, 9.17) is 4.42 Å². The van der Waals surface area contributed by atoms with Gasteiger partial charge in [0.25, 0.3) is 0 Å². The third kappa shape index (κ3) is 5.40. The van der Waals surface area contributed by atoms with Crippen molar-refractivity contribution >= 4 is 70.4 Å². The quantitative estimate of drug-likeness (QED) is 0.170. The average Bonchev–Trinajstić information content (AvgIpc) is 4.00. The summed E-state index contributed by atoms with van der Waals surface area (Å²) in [4.78, 5) is 0. The van der Waals surface area contributed by atoms with E-state index in [9.17, 15) is 0 Å². The summed E-state index contributed by atoms with van der Waals surface area (Å²) < 4.78 is 11.6. The number of rotatable bonds is 5. The fraction of sp³-hybridized carbons (Fsp3) is 0.103. The van der Waals surface area contributed by atoms with Crippen molar-refractivity contribution in [2.45, 2.75) is 38.0 Å². The number of thiophene rings is 1. The Hall–Kier alpha value is -6.94. The van der Waals surface area contributed by atoms with Crippen molar-refractivity contribution in [2.75, 3.05) is 0 Å². The molecule has 0 fully saturated rings. The molecular weight excluding hydrogens is 759 g/mol. The number of aromatic nitrogens is 1. The van der Waals surface area contributed by atoms with Crippen LogP contribution in [-0.4, -0.2) is 4.57 Å². The number of hydrogen-bond donors (Lipinski definition) is 0. The molecule has 0 saturated heterocycles. The second kappa shape index (κ2) is 13.5. The lowest BCUT2D eigenvalue weighted by Crippen LogP contribution is -2.18. The number of furan rings is 1. The maximum atomic E-state index is 6.39. The van der Waals surface area contributed by atoms with Gasteiger partial charge in [-0.05, 0) is 124 Å². The van der Waals surface area contributed by atoms with Crippen LogP contribution in [0.2, 0.25) is 0 Å². The summed E-state index contributed by atoms with van der Waals surface area (Å²) in [7, 11) is 0. The molecule has 0 saturated carbocycles. The predicted molar refractivity (Wildman–Crippen MR) is 258 cm³/mol. The van der Waals surface area contributed by atoms with Crippen molar-refractivity contribution in [2.24, 2.45) is 0 Å². The smallest absolute Gasteiger partial charge is 0.143 e. The van der Waals surface area contributed by atoms with Crippen LogP contribution in [0.3, 0.4) is 0 Å². The maximum absolute atomic E-state index is 6.39. The van der Waals surface area contributed by atoms with Crippen LogP contribution in [0, 0.1) is 0 Å². The van der Waals surface area contributed by atoms with E-state index < -0.39 is 0 Å². The molecule has 2 aliphatic rings. The number of para-hydroxylation sites is 2. The van der Waals surface area contributed by atoms with Crippen molar-refractivity contribution in [3.63, 3.8) is 0 Å². The Morgan fingerprint density at radius 3 is 2.26 bits per heavy atom. The summed E-state index contributed by atoms with van der Waals surface area (Å²) in [6.45, 7) is 2.43. The summed E-state index contributed by atoms with van der Waals surface area (Å²) >= 11 is 1.88. The Morgan fingerprint density at radius 1 is 0.574 bits per heavy atom. The van der Waals surface area contributed by atoms with E-state index in [1.165, 1.54) is 97.9 Å². The second-order valence-corrected chi connectivity index (χ2v) is 18.2. The number of benzene rings is 8. The molecule has 8 aromatic carbocycles. The fourth-order valence-electron chi connectivity index (χ4n) is 10.8. The van der Waals surface area contributed by atoms with Crippen molar-refractivity contribution in [1.82, 2.24) is 4.57 Å². The Morgan fingerprint density at radius 2 is 1.33 bits per heavy atom. The molecule has 2 aliphatic carbocycles. The summed E-state index contributed by atoms with van der Waals surface area (Å²) in [5.41, 5.74) is 19.0. The van der Waals surface area contributed by atoms with Gasteiger partial charge in [-0.15, -0.1) is 11.3 Å². The Bertz CT molecular complexity index is 3590. The van der Waals surface area contributed by atoms with Gasteiger partial charge in [0, 0.05) is 58.8 Å². The van der Waals surface area contributed by atoms with E-state index in [1.54, 1.807) is 0 Å². The molecule has 0 amide bonds. The number of allylic oxidation sites excluding steroid dienone is 1. The number of hydrogen-bond acceptors (Lipinski definition) is 2. The van der Waals surface area contributed by atoms with Crippen LogP contribution in [0.15, 0.2) is 180 Å². The highest BCUT2D eigenvalue weighted by molar-refractivity contribution is 7.25. The van der Waals surface area contributed by atoms with Crippen molar-refractivity contribution < 1.29 is 4.42 Å². The van der Waals surface area contributed by atoms with Crippen molar-refractivity contribution in [3.8, 4) is 39.1 Å². The van der Waals surface area contributed by atoms with Gasteiger partial charge in [-0.2, -0.15) is 0 Å². The molecule has 3 aromatic heterocycles. The van der Waals surface area contributed by atoms with Gasteiger partial charge in [0.1, 0.15) is 11.2 Å². The van der Waals surface area contributed by atoms with Crippen molar-refractivity contribution in [1.29, 1.82) is 0 Å². The first-order chi connectivity index (χ1) is 30.1. The molecular formula is C58H41NOS. The summed E-state index contributed by atoms with van der Waals surface area (Å²) in [6.07, 6.45) is 7.79. The zero-order valence-electron chi connectivity index (χ0n) is 33.9. The van der Waals surface area contributed by atoms with Gasteiger partial charge in [-0.1, -0.05) is 140 Å². The summed E-state index contributed by atoms with van der Waals surface area (Å²) in [5.74, 6) is 0.745. The second-order valence-electron chi connectivity index (χ2n) is 17.1. The largest absolute Gasteiger partial charge is 0.455 e. The first kappa shape index (κ1) is 34.9. The topological polar surface area (TPSA) is 18.1 Å². The van der Waals surface area contributed by atoms with Gasteiger partial charge < -0.3 is 8.98 Å². The molecule has 2 nitrogen and oxygen atoms in total. The van der Waals surface area contributed by atoms with Gasteiger partial charge >= 0.3 is 0 Å². The molecule has 2 atom stereocenters. The molecule has 0 bridgehead atoms.